The van der Waals surface area contributed by atoms with Gasteiger partial charge in [0.05, 0.1) is 0 Å². The lowest BCUT2D eigenvalue weighted by atomic mass is 10.2. The fourth-order valence-electron chi connectivity index (χ4n) is 1.90. The molecular weight excluding hydrogens is 360 g/mol. The van der Waals surface area contributed by atoms with E-state index < -0.39 is 0 Å². The van der Waals surface area contributed by atoms with Crippen LogP contribution in [0.1, 0.15) is 25.6 Å². The number of halogens is 1. The quantitative estimate of drug-likeness (QED) is 0.662. The van der Waals surface area contributed by atoms with Crippen molar-refractivity contribution < 1.29 is 4.42 Å². The van der Waals surface area contributed by atoms with Gasteiger partial charge in [-0.2, -0.15) is 9.97 Å². The van der Waals surface area contributed by atoms with Gasteiger partial charge < -0.3 is 9.32 Å². The molecule has 2 aromatic heterocycles. The van der Waals surface area contributed by atoms with Gasteiger partial charge in [-0.3, -0.25) is 0 Å². The van der Waals surface area contributed by atoms with Gasteiger partial charge in [-0.25, -0.2) is 4.98 Å². The summed E-state index contributed by atoms with van der Waals surface area (Å²) in [5, 5.41) is 9.67. The Morgan fingerprint density at radius 3 is 2.40 bits per heavy atom. The predicted molar refractivity (Wildman–Crippen MR) is 97.1 cm³/mol. The first-order valence-corrected chi connectivity index (χ1v) is 8.82. The summed E-state index contributed by atoms with van der Waals surface area (Å²) < 4.78 is 5.70. The van der Waals surface area contributed by atoms with Crippen LogP contribution in [0.4, 0.5) is 5.95 Å². The van der Waals surface area contributed by atoms with Crippen molar-refractivity contribution >= 4 is 29.3 Å². The second-order valence-electron chi connectivity index (χ2n) is 5.81. The topological polar surface area (TPSA) is 80.8 Å². The van der Waals surface area contributed by atoms with Crippen LogP contribution >= 0.6 is 23.4 Å². The van der Waals surface area contributed by atoms with Crippen molar-refractivity contribution in [3.8, 4) is 11.5 Å². The van der Waals surface area contributed by atoms with Crippen molar-refractivity contribution in [2.24, 2.45) is 0 Å². The standard InChI is InChI=1S/C16H17ClN6OS/c1-9(2)12-18-14(23(3)4)20-15(19-12)25-16-22-21-13(24-16)10-5-7-11(17)8-6-10/h5-9H,1-4H3. The third kappa shape index (κ3) is 4.26. The monoisotopic (exact) mass is 376 g/mol. The number of rotatable bonds is 5. The molecule has 25 heavy (non-hydrogen) atoms. The lowest BCUT2D eigenvalue weighted by Gasteiger charge is -2.13. The zero-order chi connectivity index (χ0) is 18.0. The Labute approximate surface area is 154 Å². The molecule has 0 aliphatic heterocycles. The van der Waals surface area contributed by atoms with E-state index in [2.05, 4.69) is 25.1 Å². The Hall–Kier alpha value is -2.19. The number of aromatic nitrogens is 5. The molecule has 0 radical (unpaired) electrons. The minimum Gasteiger partial charge on any atom is -0.411 e. The molecule has 9 heteroatoms. The van der Waals surface area contributed by atoms with Crippen LogP contribution in [0.3, 0.4) is 0 Å². The maximum atomic E-state index is 5.90. The summed E-state index contributed by atoms with van der Waals surface area (Å²) >= 11 is 7.11. The largest absolute Gasteiger partial charge is 0.411 e. The van der Waals surface area contributed by atoms with Gasteiger partial charge >= 0.3 is 0 Å². The number of hydrogen-bond donors (Lipinski definition) is 0. The lowest BCUT2D eigenvalue weighted by Crippen LogP contribution is -2.15. The van der Waals surface area contributed by atoms with E-state index in [1.165, 1.54) is 11.8 Å². The van der Waals surface area contributed by atoms with E-state index in [0.717, 1.165) is 11.4 Å². The zero-order valence-electron chi connectivity index (χ0n) is 14.3. The summed E-state index contributed by atoms with van der Waals surface area (Å²) in [7, 11) is 3.78. The second-order valence-corrected chi connectivity index (χ2v) is 7.16. The number of benzene rings is 1. The van der Waals surface area contributed by atoms with Gasteiger partial charge in [-0.15, -0.1) is 10.2 Å². The highest BCUT2D eigenvalue weighted by molar-refractivity contribution is 7.98. The molecule has 0 saturated heterocycles. The Morgan fingerprint density at radius 1 is 1.04 bits per heavy atom. The van der Waals surface area contributed by atoms with Gasteiger partial charge in [0.15, 0.2) is 0 Å². The molecule has 1 aromatic carbocycles. The van der Waals surface area contributed by atoms with Crippen LogP contribution < -0.4 is 4.90 Å². The van der Waals surface area contributed by atoms with Crippen molar-refractivity contribution in [3.63, 3.8) is 0 Å². The smallest absolute Gasteiger partial charge is 0.284 e. The van der Waals surface area contributed by atoms with Crippen LogP contribution in [0.25, 0.3) is 11.5 Å². The second kappa shape index (κ2) is 7.37. The molecule has 0 saturated carbocycles. The number of hydrogen-bond acceptors (Lipinski definition) is 8. The Bertz CT molecular complexity index is 839. The molecule has 2 heterocycles. The van der Waals surface area contributed by atoms with Crippen LogP contribution in [0.15, 0.2) is 39.1 Å². The fourth-order valence-corrected chi connectivity index (χ4v) is 2.65. The Balaban J connectivity index is 1.86. The third-order valence-corrected chi connectivity index (χ3v) is 4.17. The van der Waals surface area contributed by atoms with Crippen LogP contribution in [0, 0.1) is 0 Å². The minimum absolute atomic E-state index is 0.188. The first-order chi connectivity index (χ1) is 11.9. The van der Waals surface area contributed by atoms with Crippen molar-refractivity contribution in [2.75, 3.05) is 19.0 Å². The van der Waals surface area contributed by atoms with Gasteiger partial charge in [0, 0.05) is 42.4 Å². The summed E-state index contributed by atoms with van der Waals surface area (Å²) in [6.45, 7) is 4.07. The fraction of sp³-hybridized carbons (Fsp3) is 0.312. The Kier molecular flexibility index (Phi) is 5.19. The average Bonchev–Trinajstić information content (AvgIpc) is 3.03. The maximum absolute atomic E-state index is 5.90. The normalized spacial score (nSPS) is 11.1. The van der Waals surface area contributed by atoms with E-state index in [0.29, 0.717) is 27.2 Å². The average molecular weight is 377 g/mol. The predicted octanol–water partition coefficient (Wildman–Crippen LogP) is 3.92. The van der Waals surface area contributed by atoms with Gasteiger partial charge in [0.25, 0.3) is 5.22 Å². The summed E-state index contributed by atoms with van der Waals surface area (Å²) in [5.74, 6) is 1.93. The molecule has 0 unspecified atom stereocenters. The molecule has 0 fully saturated rings. The van der Waals surface area contributed by atoms with E-state index in [1.807, 2.05) is 45.0 Å². The van der Waals surface area contributed by atoms with Crippen molar-refractivity contribution in [1.82, 2.24) is 25.1 Å². The maximum Gasteiger partial charge on any atom is 0.284 e. The molecule has 3 rings (SSSR count). The molecule has 0 spiro atoms. The van der Waals surface area contributed by atoms with E-state index >= 15 is 0 Å². The molecule has 0 atom stereocenters. The molecule has 3 aromatic rings. The van der Waals surface area contributed by atoms with Gasteiger partial charge in [-0.05, 0) is 24.3 Å². The summed E-state index contributed by atoms with van der Waals surface area (Å²) in [6.07, 6.45) is 0. The SMILES string of the molecule is CC(C)c1nc(Sc2nnc(-c3ccc(Cl)cc3)o2)nc(N(C)C)n1. The van der Waals surface area contributed by atoms with Crippen molar-refractivity contribution in [2.45, 2.75) is 30.1 Å². The third-order valence-electron chi connectivity index (χ3n) is 3.21. The van der Waals surface area contributed by atoms with Gasteiger partial charge in [0.1, 0.15) is 5.82 Å². The molecule has 0 aliphatic carbocycles. The molecule has 7 nitrogen and oxygen atoms in total. The lowest BCUT2D eigenvalue weighted by molar-refractivity contribution is 0.465. The molecule has 130 valence electrons. The van der Waals surface area contributed by atoms with Crippen LogP contribution in [0.2, 0.25) is 5.02 Å². The summed E-state index contributed by atoms with van der Waals surface area (Å²) in [6, 6.07) is 7.21. The van der Waals surface area contributed by atoms with Crippen LogP contribution in [0.5, 0.6) is 0 Å². The van der Waals surface area contributed by atoms with Crippen molar-refractivity contribution in [3.05, 3.63) is 35.1 Å². The first kappa shape index (κ1) is 17.6. The van der Waals surface area contributed by atoms with Crippen LogP contribution in [-0.2, 0) is 0 Å². The minimum atomic E-state index is 0.188. The highest BCUT2D eigenvalue weighted by Crippen LogP contribution is 2.28. The van der Waals surface area contributed by atoms with Gasteiger partial charge in [-0.1, -0.05) is 25.4 Å². The van der Waals surface area contributed by atoms with Crippen LogP contribution in [-0.4, -0.2) is 39.2 Å². The molecule has 0 aliphatic rings. The van der Waals surface area contributed by atoms with E-state index in [1.54, 1.807) is 12.1 Å². The first-order valence-electron chi connectivity index (χ1n) is 7.63. The zero-order valence-corrected chi connectivity index (χ0v) is 15.8. The van der Waals surface area contributed by atoms with E-state index in [9.17, 15) is 0 Å². The summed E-state index contributed by atoms with van der Waals surface area (Å²) in [4.78, 5) is 15.2. The molecule has 0 N–H and O–H groups in total. The highest BCUT2D eigenvalue weighted by atomic mass is 35.5. The number of anilines is 1. The molecule has 0 bridgehead atoms. The van der Waals surface area contributed by atoms with Crippen molar-refractivity contribution in [1.29, 1.82) is 0 Å². The van der Waals surface area contributed by atoms with E-state index in [4.69, 9.17) is 16.0 Å². The number of nitrogens with zero attached hydrogens (tertiary/aromatic N) is 6. The highest BCUT2D eigenvalue weighted by Gasteiger charge is 2.15. The van der Waals surface area contributed by atoms with Gasteiger partial charge in [0.2, 0.25) is 17.0 Å². The Morgan fingerprint density at radius 2 is 1.76 bits per heavy atom. The molecule has 0 amide bonds. The molecular formula is C16H17ClN6OS. The summed E-state index contributed by atoms with van der Waals surface area (Å²) in [5.41, 5.74) is 0.802. The van der Waals surface area contributed by atoms with E-state index in [-0.39, 0.29) is 5.92 Å².